The Morgan fingerprint density at radius 3 is 2.46 bits per heavy atom. The number of amides is 1. The molecule has 0 aromatic heterocycles. The predicted molar refractivity (Wildman–Crippen MR) is 89.0 cm³/mol. The number of halogens is 3. The minimum Gasteiger partial charge on any atom is -0.406 e. The molecule has 2 saturated heterocycles. The Bertz CT molecular complexity index is 593. The minimum atomic E-state index is -4.73. The number of nitrogens with one attached hydrogen (secondary N) is 1. The molecule has 2 heterocycles. The van der Waals surface area contributed by atoms with Gasteiger partial charge in [0.1, 0.15) is 5.75 Å². The molecule has 1 N–H and O–H groups in total. The first-order valence-corrected chi connectivity index (χ1v) is 8.86. The third kappa shape index (κ3) is 5.35. The van der Waals surface area contributed by atoms with Crippen LogP contribution in [0.25, 0.3) is 0 Å². The van der Waals surface area contributed by atoms with E-state index in [1.54, 1.807) is 0 Å². The molecule has 2 aliphatic heterocycles. The summed E-state index contributed by atoms with van der Waals surface area (Å²) in [4.78, 5) is 14.6. The van der Waals surface area contributed by atoms with Crippen LogP contribution in [0, 0.1) is 5.92 Å². The molecule has 1 amide bonds. The molecule has 0 bridgehead atoms. The van der Waals surface area contributed by atoms with Crippen molar-refractivity contribution in [1.29, 1.82) is 0 Å². The molecule has 0 saturated carbocycles. The summed E-state index contributed by atoms with van der Waals surface area (Å²) < 4.78 is 45.7. The molecule has 0 spiro atoms. The van der Waals surface area contributed by atoms with Gasteiger partial charge in [-0.3, -0.25) is 9.69 Å². The Labute approximate surface area is 150 Å². The van der Waals surface area contributed by atoms with Crippen molar-refractivity contribution in [3.8, 4) is 5.75 Å². The zero-order valence-corrected chi connectivity index (χ0v) is 14.4. The van der Waals surface area contributed by atoms with Gasteiger partial charge in [-0.1, -0.05) is 0 Å². The number of ether oxygens (including phenoxy) is 2. The van der Waals surface area contributed by atoms with Crippen molar-refractivity contribution < 1.29 is 27.4 Å². The van der Waals surface area contributed by atoms with Crippen LogP contribution in [0.2, 0.25) is 0 Å². The largest absolute Gasteiger partial charge is 0.573 e. The molecule has 3 rings (SSSR count). The summed E-state index contributed by atoms with van der Waals surface area (Å²) in [5.41, 5.74) is 0.320. The molecular formula is C18H23F3N2O3. The highest BCUT2D eigenvalue weighted by Gasteiger charge is 2.31. The van der Waals surface area contributed by atoms with Gasteiger partial charge in [-0.2, -0.15) is 0 Å². The van der Waals surface area contributed by atoms with E-state index in [9.17, 15) is 18.0 Å². The summed E-state index contributed by atoms with van der Waals surface area (Å²) in [6.45, 7) is 4.26. The lowest BCUT2D eigenvalue weighted by atomic mass is 9.95. The summed E-state index contributed by atoms with van der Waals surface area (Å²) >= 11 is 0. The fourth-order valence-corrected chi connectivity index (χ4v) is 3.48. The number of benzene rings is 1. The molecule has 2 aliphatic rings. The van der Waals surface area contributed by atoms with Crippen LogP contribution in [-0.2, 0) is 4.74 Å². The lowest BCUT2D eigenvalue weighted by molar-refractivity contribution is -0.274. The third-order valence-corrected chi connectivity index (χ3v) is 4.97. The van der Waals surface area contributed by atoms with Crippen molar-refractivity contribution in [3.05, 3.63) is 29.8 Å². The second kappa shape index (κ2) is 8.26. The first-order chi connectivity index (χ1) is 12.4. The average Bonchev–Trinajstić information content (AvgIpc) is 3.14. The highest BCUT2D eigenvalue weighted by atomic mass is 19.4. The number of hydrogen-bond donors (Lipinski definition) is 1. The Hall–Kier alpha value is -1.80. The van der Waals surface area contributed by atoms with Gasteiger partial charge in [0.25, 0.3) is 5.91 Å². The number of carbonyl (C=O) groups excluding carboxylic acids is 1. The lowest BCUT2D eigenvalue weighted by Crippen LogP contribution is -2.43. The quantitative estimate of drug-likeness (QED) is 0.864. The maximum Gasteiger partial charge on any atom is 0.573 e. The highest BCUT2D eigenvalue weighted by molar-refractivity contribution is 5.94. The van der Waals surface area contributed by atoms with Gasteiger partial charge >= 0.3 is 6.36 Å². The molecule has 0 radical (unpaired) electrons. The summed E-state index contributed by atoms with van der Waals surface area (Å²) in [6.07, 6.45) is -1.59. The fourth-order valence-electron chi connectivity index (χ4n) is 3.48. The van der Waals surface area contributed by atoms with E-state index < -0.39 is 6.36 Å². The molecule has 144 valence electrons. The van der Waals surface area contributed by atoms with Crippen LogP contribution in [0.3, 0.4) is 0 Å². The third-order valence-electron chi connectivity index (χ3n) is 4.97. The van der Waals surface area contributed by atoms with E-state index in [2.05, 4.69) is 15.0 Å². The standard InChI is InChI=1S/C18H23F3N2O3/c19-18(20,21)26-16-3-1-14(2-4-16)17(24)22-11-13-5-8-23(9-6-13)15-7-10-25-12-15/h1-4,13,15H,5-12H2,(H,22,24). The highest BCUT2D eigenvalue weighted by Crippen LogP contribution is 2.23. The van der Waals surface area contributed by atoms with Gasteiger partial charge in [0, 0.05) is 24.8 Å². The van der Waals surface area contributed by atoms with Crippen LogP contribution in [-0.4, -0.2) is 56.1 Å². The van der Waals surface area contributed by atoms with Gasteiger partial charge < -0.3 is 14.8 Å². The van der Waals surface area contributed by atoms with Gasteiger partial charge in [-0.05, 0) is 62.5 Å². The van der Waals surface area contributed by atoms with Crippen LogP contribution in [0.1, 0.15) is 29.6 Å². The maximum atomic E-state index is 12.2. The fraction of sp³-hybridized carbons (Fsp3) is 0.611. The topological polar surface area (TPSA) is 50.8 Å². The Balaban J connectivity index is 1.41. The van der Waals surface area contributed by atoms with E-state index in [1.807, 2.05) is 0 Å². The molecule has 0 aliphatic carbocycles. The van der Waals surface area contributed by atoms with Gasteiger partial charge in [-0.25, -0.2) is 0 Å². The minimum absolute atomic E-state index is 0.282. The lowest BCUT2D eigenvalue weighted by Gasteiger charge is -2.35. The molecule has 1 aromatic rings. The Kier molecular flexibility index (Phi) is 6.03. The zero-order chi connectivity index (χ0) is 18.6. The first-order valence-electron chi connectivity index (χ1n) is 8.86. The van der Waals surface area contributed by atoms with Gasteiger partial charge in [0.15, 0.2) is 0 Å². The van der Waals surface area contributed by atoms with Crippen LogP contribution >= 0.6 is 0 Å². The van der Waals surface area contributed by atoms with Crippen molar-refractivity contribution in [2.45, 2.75) is 31.7 Å². The van der Waals surface area contributed by atoms with Crippen LogP contribution in [0.4, 0.5) is 13.2 Å². The molecule has 2 fully saturated rings. The number of rotatable bonds is 5. The molecule has 26 heavy (non-hydrogen) atoms. The van der Waals surface area contributed by atoms with E-state index in [4.69, 9.17) is 4.74 Å². The Morgan fingerprint density at radius 2 is 1.88 bits per heavy atom. The van der Waals surface area contributed by atoms with Crippen molar-refractivity contribution in [2.75, 3.05) is 32.8 Å². The van der Waals surface area contributed by atoms with E-state index in [1.165, 1.54) is 12.1 Å². The van der Waals surface area contributed by atoms with Crippen LogP contribution < -0.4 is 10.1 Å². The summed E-state index contributed by atoms with van der Waals surface area (Å²) in [5, 5.41) is 2.88. The van der Waals surface area contributed by atoms with Gasteiger partial charge in [-0.15, -0.1) is 13.2 Å². The van der Waals surface area contributed by atoms with Crippen molar-refractivity contribution in [1.82, 2.24) is 10.2 Å². The second-order valence-electron chi connectivity index (χ2n) is 6.78. The molecule has 1 aromatic carbocycles. The molecule has 8 heteroatoms. The smallest absolute Gasteiger partial charge is 0.406 e. The van der Waals surface area contributed by atoms with Gasteiger partial charge in [0.05, 0.1) is 6.61 Å². The maximum absolute atomic E-state index is 12.2. The number of hydrogen-bond acceptors (Lipinski definition) is 4. The van der Waals surface area contributed by atoms with Crippen molar-refractivity contribution in [3.63, 3.8) is 0 Å². The monoisotopic (exact) mass is 372 g/mol. The Morgan fingerprint density at radius 1 is 1.19 bits per heavy atom. The normalized spacial score (nSPS) is 22.3. The summed E-state index contributed by atoms with van der Waals surface area (Å²) in [7, 11) is 0. The van der Waals surface area contributed by atoms with Crippen LogP contribution in [0.5, 0.6) is 5.75 Å². The van der Waals surface area contributed by atoms with Crippen LogP contribution in [0.15, 0.2) is 24.3 Å². The molecule has 1 atom stereocenters. The number of nitrogens with zero attached hydrogens (tertiary/aromatic N) is 1. The number of likely N-dealkylation sites (tertiary alicyclic amines) is 1. The SMILES string of the molecule is O=C(NCC1CCN(C2CCOC2)CC1)c1ccc(OC(F)(F)F)cc1. The van der Waals surface area contributed by atoms with E-state index in [-0.39, 0.29) is 11.7 Å². The first kappa shape index (κ1) is 19.0. The molecule has 1 unspecified atom stereocenters. The summed E-state index contributed by atoms with van der Waals surface area (Å²) in [6, 6.07) is 5.48. The van der Waals surface area contributed by atoms with Gasteiger partial charge in [0.2, 0.25) is 0 Å². The zero-order valence-electron chi connectivity index (χ0n) is 14.4. The second-order valence-corrected chi connectivity index (χ2v) is 6.78. The predicted octanol–water partition coefficient (Wildman–Crippen LogP) is 2.82. The van der Waals surface area contributed by atoms with E-state index in [0.717, 1.165) is 57.7 Å². The number of carbonyl (C=O) groups is 1. The molecule has 5 nitrogen and oxygen atoms in total. The molecular weight excluding hydrogens is 349 g/mol. The van der Waals surface area contributed by atoms with E-state index in [0.29, 0.717) is 24.1 Å². The summed E-state index contributed by atoms with van der Waals surface area (Å²) in [5.74, 6) is -0.196. The number of piperidine rings is 1. The van der Waals surface area contributed by atoms with Crippen molar-refractivity contribution >= 4 is 5.91 Å². The van der Waals surface area contributed by atoms with E-state index >= 15 is 0 Å². The average molecular weight is 372 g/mol. The van der Waals surface area contributed by atoms with Crippen molar-refractivity contribution in [2.24, 2.45) is 5.92 Å². The number of alkyl halides is 3.